The normalized spacial score (nSPS) is 27.8. The maximum Gasteiger partial charge on any atom is 0.0329 e. The van der Waals surface area contributed by atoms with E-state index in [1.165, 1.54) is 41.5 Å². The average molecular weight is 322 g/mol. The van der Waals surface area contributed by atoms with Crippen LogP contribution < -0.4 is 5.73 Å². The van der Waals surface area contributed by atoms with Crippen molar-refractivity contribution in [3.05, 3.63) is 70.8 Å². The molecule has 1 heteroatoms. The minimum Gasteiger partial charge on any atom is -0.324 e. The molecule has 0 aromatic heterocycles. The van der Waals surface area contributed by atoms with Crippen molar-refractivity contribution in [3.8, 4) is 0 Å². The van der Waals surface area contributed by atoms with Gasteiger partial charge in [-0.3, -0.25) is 0 Å². The van der Waals surface area contributed by atoms with Gasteiger partial charge in [-0.05, 0) is 56.1 Å². The zero-order valence-corrected chi connectivity index (χ0v) is 15.3. The lowest BCUT2D eigenvalue weighted by Crippen LogP contribution is -2.14. The molecule has 4 atom stereocenters. The fourth-order valence-electron chi connectivity index (χ4n) is 3.82. The van der Waals surface area contributed by atoms with E-state index in [1.807, 2.05) is 0 Å². The number of hydrogen-bond acceptors (Lipinski definition) is 1. The highest BCUT2D eigenvalue weighted by atomic mass is 14.7. The van der Waals surface area contributed by atoms with E-state index in [0.717, 1.165) is 6.42 Å². The number of aryl methyl sites for hydroxylation is 1. The summed E-state index contributed by atoms with van der Waals surface area (Å²) in [4.78, 5) is 0. The molecule has 1 fully saturated rings. The number of benzene rings is 1. The first-order valence-corrected chi connectivity index (χ1v) is 9.47. The molecule has 1 aromatic carbocycles. The van der Waals surface area contributed by atoms with Crippen molar-refractivity contribution in [2.45, 2.75) is 52.5 Å². The Morgan fingerprint density at radius 3 is 2.62 bits per heavy atom. The minimum absolute atomic E-state index is 0.173. The molecule has 2 aliphatic carbocycles. The van der Waals surface area contributed by atoms with Gasteiger partial charge in [0.05, 0.1) is 0 Å². The lowest BCUT2D eigenvalue weighted by molar-refractivity contribution is 0.599. The van der Waals surface area contributed by atoms with Gasteiger partial charge in [-0.2, -0.15) is 0 Å². The lowest BCUT2D eigenvalue weighted by Gasteiger charge is -2.19. The summed E-state index contributed by atoms with van der Waals surface area (Å²) in [6, 6.07) is 8.90. The maximum absolute atomic E-state index is 6.53. The van der Waals surface area contributed by atoms with Crippen molar-refractivity contribution < 1.29 is 0 Å². The molecule has 0 saturated heterocycles. The second-order valence-corrected chi connectivity index (χ2v) is 7.59. The summed E-state index contributed by atoms with van der Waals surface area (Å²) < 4.78 is 0. The van der Waals surface area contributed by atoms with E-state index in [9.17, 15) is 0 Å². The number of allylic oxidation sites excluding steroid dienone is 6. The van der Waals surface area contributed by atoms with Gasteiger partial charge in [-0.1, -0.05) is 73.1 Å². The molecule has 3 rings (SSSR count). The van der Waals surface area contributed by atoms with Gasteiger partial charge in [0.2, 0.25) is 0 Å². The van der Waals surface area contributed by atoms with Crippen LogP contribution in [-0.4, -0.2) is 0 Å². The monoisotopic (exact) mass is 321 g/mol. The highest BCUT2D eigenvalue weighted by Crippen LogP contribution is 2.52. The Morgan fingerprint density at radius 2 is 1.96 bits per heavy atom. The van der Waals surface area contributed by atoms with Crippen LogP contribution in [-0.2, 0) is 0 Å². The molecular weight excluding hydrogens is 290 g/mol. The van der Waals surface area contributed by atoms with Gasteiger partial charge in [-0.25, -0.2) is 0 Å². The van der Waals surface area contributed by atoms with Crippen molar-refractivity contribution in [3.63, 3.8) is 0 Å². The van der Waals surface area contributed by atoms with Crippen LogP contribution in [0.5, 0.6) is 0 Å². The van der Waals surface area contributed by atoms with E-state index in [0.29, 0.717) is 17.8 Å². The number of nitrogens with two attached hydrogens (primary N) is 1. The number of hydrogen-bond donors (Lipinski definition) is 1. The van der Waals surface area contributed by atoms with Crippen molar-refractivity contribution in [2.24, 2.45) is 23.5 Å². The van der Waals surface area contributed by atoms with E-state index in [2.05, 4.69) is 69.3 Å². The van der Waals surface area contributed by atoms with Gasteiger partial charge in [0.25, 0.3) is 0 Å². The molecule has 0 aliphatic heterocycles. The van der Waals surface area contributed by atoms with E-state index in [4.69, 9.17) is 5.73 Å². The predicted molar refractivity (Wildman–Crippen MR) is 104 cm³/mol. The zero-order chi connectivity index (χ0) is 17.1. The third-order valence-electron chi connectivity index (χ3n) is 5.60. The van der Waals surface area contributed by atoms with Gasteiger partial charge in [0, 0.05) is 12.0 Å². The summed E-state index contributed by atoms with van der Waals surface area (Å²) in [5.74, 6) is 1.87. The summed E-state index contributed by atoms with van der Waals surface area (Å²) in [5, 5.41) is 0. The highest BCUT2D eigenvalue weighted by molar-refractivity contribution is 5.37. The Labute approximate surface area is 147 Å². The van der Waals surface area contributed by atoms with Crippen LogP contribution >= 0.6 is 0 Å². The Balaban J connectivity index is 1.60. The van der Waals surface area contributed by atoms with Crippen LogP contribution in [0.3, 0.4) is 0 Å². The second-order valence-electron chi connectivity index (χ2n) is 7.59. The predicted octanol–water partition coefficient (Wildman–Crippen LogP) is 5.88. The van der Waals surface area contributed by atoms with Crippen LogP contribution in [0.15, 0.2) is 59.7 Å². The minimum atomic E-state index is 0.173. The number of unbranched alkanes of at least 4 members (excludes halogenated alkanes) is 1. The van der Waals surface area contributed by atoms with Gasteiger partial charge < -0.3 is 5.73 Å². The van der Waals surface area contributed by atoms with Crippen LogP contribution in [0.1, 0.15) is 56.7 Å². The van der Waals surface area contributed by atoms with E-state index in [1.54, 1.807) is 0 Å². The highest BCUT2D eigenvalue weighted by Gasteiger charge is 2.43. The molecule has 128 valence electrons. The molecule has 4 unspecified atom stereocenters. The van der Waals surface area contributed by atoms with Crippen LogP contribution in [0.2, 0.25) is 0 Å². The van der Waals surface area contributed by atoms with Crippen molar-refractivity contribution in [1.82, 2.24) is 0 Å². The third kappa shape index (κ3) is 3.89. The fraction of sp³-hybridized carbons (Fsp3) is 0.478. The van der Waals surface area contributed by atoms with Crippen LogP contribution in [0.4, 0.5) is 0 Å². The number of rotatable bonds is 6. The molecule has 0 heterocycles. The standard InChI is InChI=1S/C23H31N/c1-4-5-6-7-18-12-13-20(14-17(18)3)21-15-22(21)23(24)19-10-8-16(2)9-11-19/h6-11,13-14,18,21-23H,4-5,12,15,24H2,1-3H3/b7-6-. The molecule has 1 saturated carbocycles. The Morgan fingerprint density at radius 1 is 1.21 bits per heavy atom. The van der Waals surface area contributed by atoms with E-state index in [-0.39, 0.29) is 6.04 Å². The van der Waals surface area contributed by atoms with Crippen LogP contribution in [0, 0.1) is 24.7 Å². The summed E-state index contributed by atoms with van der Waals surface area (Å²) in [7, 11) is 0. The SMILES string of the molecule is CCC/C=C\C1CC=C(C2CC2C(N)c2ccc(C)cc2)C=C1C. The molecular formula is C23H31N. The molecule has 2 N–H and O–H groups in total. The third-order valence-corrected chi connectivity index (χ3v) is 5.60. The molecule has 0 radical (unpaired) electrons. The largest absolute Gasteiger partial charge is 0.324 e. The lowest BCUT2D eigenvalue weighted by atomic mass is 9.86. The Kier molecular flexibility index (Phi) is 5.40. The average Bonchev–Trinajstić information content (AvgIpc) is 3.37. The van der Waals surface area contributed by atoms with E-state index < -0.39 is 0 Å². The van der Waals surface area contributed by atoms with Gasteiger partial charge in [0.1, 0.15) is 0 Å². The summed E-state index contributed by atoms with van der Waals surface area (Å²) in [6.07, 6.45) is 14.4. The molecule has 1 aromatic rings. The maximum atomic E-state index is 6.53. The summed E-state index contributed by atoms with van der Waals surface area (Å²) >= 11 is 0. The van der Waals surface area contributed by atoms with Gasteiger partial charge in [0.15, 0.2) is 0 Å². The molecule has 24 heavy (non-hydrogen) atoms. The second kappa shape index (κ2) is 7.53. The van der Waals surface area contributed by atoms with Gasteiger partial charge in [-0.15, -0.1) is 0 Å². The molecule has 0 amide bonds. The topological polar surface area (TPSA) is 26.0 Å². The Bertz CT molecular complexity index is 647. The van der Waals surface area contributed by atoms with Gasteiger partial charge >= 0.3 is 0 Å². The first-order chi connectivity index (χ1) is 11.6. The summed E-state index contributed by atoms with van der Waals surface area (Å²) in [5.41, 5.74) is 12.2. The van der Waals surface area contributed by atoms with Crippen molar-refractivity contribution >= 4 is 0 Å². The fourth-order valence-corrected chi connectivity index (χ4v) is 3.82. The van der Waals surface area contributed by atoms with E-state index >= 15 is 0 Å². The molecule has 2 aliphatic rings. The first-order valence-electron chi connectivity index (χ1n) is 9.47. The quantitative estimate of drug-likeness (QED) is 0.650. The first kappa shape index (κ1) is 17.2. The van der Waals surface area contributed by atoms with Crippen molar-refractivity contribution in [2.75, 3.05) is 0 Å². The molecule has 0 bridgehead atoms. The summed E-state index contributed by atoms with van der Waals surface area (Å²) in [6.45, 7) is 6.64. The molecule has 1 nitrogen and oxygen atoms in total. The smallest absolute Gasteiger partial charge is 0.0329 e. The zero-order valence-electron chi connectivity index (χ0n) is 15.3. The van der Waals surface area contributed by atoms with Crippen LogP contribution in [0.25, 0.3) is 0 Å². The Hall–Kier alpha value is -1.60. The van der Waals surface area contributed by atoms with Crippen molar-refractivity contribution in [1.29, 1.82) is 0 Å². The molecule has 0 spiro atoms.